The van der Waals surface area contributed by atoms with Crippen LogP contribution in [0.3, 0.4) is 0 Å². The molecule has 0 spiro atoms. The molecule has 21 heavy (non-hydrogen) atoms. The molecule has 0 bridgehead atoms. The van der Waals surface area contributed by atoms with Gasteiger partial charge in [-0.2, -0.15) is 0 Å². The van der Waals surface area contributed by atoms with Crippen molar-refractivity contribution in [3.05, 3.63) is 0 Å². The van der Waals surface area contributed by atoms with E-state index in [0.29, 0.717) is 12.1 Å². The fourth-order valence-electron chi connectivity index (χ4n) is 3.18. The van der Waals surface area contributed by atoms with Crippen molar-refractivity contribution in [2.24, 2.45) is 0 Å². The molecule has 0 aromatic carbocycles. The summed E-state index contributed by atoms with van der Waals surface area (Å²) < 4.78 is 5.47. The third-order valence-electron chi connectivity index (χ3n) is 4.39. The highest BCUT2D eigenvalue weighted by Gasteiger charge is 2.28. The first-order valence-electron chi connectivity index (χ1n) is 8.27. The fourth-order valence-corrected chi connectivity index (χ4v) is 3.18. The van der Waals surface area contributed by atoms with E-state index in [1.165, 1.54) is 19.4 Å². The van der Waals surface area contributed by atoms with Gasteiger partial charge in [-0.1, -0.05) is 0 Å². The first kappa shape index (κ1) is 16.6. The molecule has 2 aliphatic heterocycles. The van der Waals surface area contributed by atoms with Crippen LogP contribution in [0.5, 0.6) is 0 Å². The van der Waals surface area contributed by atoms with Gasteiger partial charge in [-0.25, -0.2) is 4.79 Å². The van der Waals surface area contributed by atoms with Gasteiger partial charge in [-0.15, -0.1) is 0 Å². The van der Waals surface area contributed by atoms with E-state index in [1.807, 2.05) is 25.7 Å². The molecule has 2 atom stereocenters. The third kappa shape index (κ3) is 5.15. The second kappa shape index (κ2) is 6.97. The summed E-state index contributed by atoms with van der Waals surface area (Å²) in [7, 11) is 2.20. The molecule has 0 radical (unpaired) electrons. The van der Waals surface area contributed by atoms with Crippen molar-refractivity contribution >= 4 is 6.09 Å². The van der Waals surface area contributed by atoms with Crippen LogP contribution in [0.15, 0.2) is 0 Å². The minimum Gasteiger partial charge on any atom is -0.444 e. The number of piperidine rings is 1. The largest absolute Gasteiger partial charge is 0.444 e. The maximum Gasteiger partial charge on any atom is 0.410 e. The number of rotatable bonds is 3. The summed E-state index contributed by atoms with van der Waals surface area (Å²) in [5.41, 5.74) is -0.413. The number of nitrogens with one attached hydrogen (secondary N) is 1. The average molecular weight is 297 g/mol. The van der Waals surface area contributed by atoms with Crippen molar-refractivity contribution in [3.63, 3.8) is 0 Å². The van der Waals surface area contributed by atoms with Gasteiger partial charge in [0.1, 0.15) is 5.60 Å². The van der Waals surface area contributed by atoms with E-state index in [9.17, 15) is 4.79 Å². The van der Waals surface area contributed by atoms with E-state index in [0.717, 1.165) is 32.5 Å². The zero-order valence-corrected chi connectivity index (χ0v) is 14.0. The number of hydrogen-bond acceptors (Lipinski definition) is 4. The SMILES string of the molecule is CN1CCCC1CNC1CCCN(C(=O)OC(C)(C)C)C1. The summed E-state index contributed by atoms with van der Waals surface area (Å²) in [5, 5.41) is 3.65. The zero-order chi connectivity index (χ0) is 15.5. The predicted molar refractivity (Wildman–Crippen MR) is 84.5 cm³/mol. The van der Waals surface area contributed by atoms with Gasteiger partial charge >= 0.3 is 6.09 Å². The molecular weight excluding hydrogens is 266 g/mol. The minimum atomic E-state index is -0.413. The molecule has 1 amide bonds. The maximum absolute atomic E-state index is 12.1. The van der Waals surface area contributed by atoms with Crippen LogP contribution in [0.25, 0.3) is 0 Å². The molecule has 5 nitrogen and oxygen atoms in total. The van der Waals surface area contributed by atoms with Gasteiger partial charge in [0.2, 0.25) is 0 Å². The quantitative estimate of drug-likeness (QED) is 0.866. The number of hydrogen-bond donors (Lipinski definition) is 1. The molecule has 0 aromatic rings. The van der Waals surface area contributed by atoms with E-state index in [4.69, 9.17) is 4.74 Å². The number of amides is 1. The van der Waals surface area contributed by atoms with Crippen LogP contribution < -0.4 is 5.32 Å². The highest BCUT2D eigenvalue weighted by molar-refractivity contribution is 5.68. The number of likely N-dealkylation sites (N-methyl/N-ethyl adjacent to an activating group) is 1. The van der Waals surface area contributed by atoms with Gasteiger partial charge in [0.15, 0.2) is 0 Å². The Morgan fingerprint density at radius 2 is 1.95 bits per heavy atom. The van der Waals surface area contributed by atoms with Crippen LogP contribution in [0.2, 0.25) is 0 Å². The summed E-state index contributed by atoms with van der Waals surface area (Å²) in [6.45, 7) is 9.58. The van der Waals surface area contributed by atoms with Crippen molar-refractivity contribution in [3.8, 4) is 0 Å². The average Bonchev–Trinajstić information content (AvgIpc) is 2.80. The van der Waals surface area contributed by atoms with Crippen LogP contribution in [-0.2, 0) is 4.74 Å². The molecule has 2 rings (SSSR count). The Balaban J connectivity index is 1.76. The van der Waals surface area contributed by atoms with Gasteiger partial charge in [0, 0.05) is 31.7 Å². The highest BCUT2D eigenvalue weighted by atomic mass is 16.6. The fraction of sp³-hybridized carbons (Fsp3) is 0.938. The summed E-state index contributed by atoms with van der Waals surface area (Å²) in [5.74, 6) is 0. The van der Waals surface area contributed by atoms with Crippen molar-refractivity contribution in [1.82, 2.24) is 15.1 Å². The van der Waals surface area contributed by atoms with Gasteiger partial charge < -0.3 is 19.9 Å². The molecule has 2 fully saturated rings. The molecule has 5 heteroatoms. The molecule has 0 saturated carbocycles. The van der Waals surface area contributed by atoms with Gasteiger partial charge in [-0.05, 0) is 60.0 Å². The monoisotopic (exact) mass is 297 g/mol. The smallest absolute Gasteiger partial charge is 0.410 e. The lowest BCUT2D eigenvalue weighted by Crippen LogP contribution is -2.51. The van der Waals surface area contributed by atoms with Gasteiger partial charge in [-0.3, -0.25) is 0 Å². The summed E-state index contributed by atoms with van der Waals surface area (Å²) >= 11 is 0. The molecule has 2 aliphatic rings. The molecular formula is C16H31N3O2. The van der Waals surface area contributed by atoms with E-state index < -0.39 is 5.60 Å². The lowest BCUT2D eigenvalue weighted by molar-refractivity contribution is 0.0186. The van der Waals surface area contributed by atoms with E-state index in [-0.39, 0.29) is 6.09 Å². The Kier molecular flexibility index (Phi) is 5.49. The lowest BCUT2D eigenvalue weighted by atomic mass is 10.1. The van der Waals surface area contributed by atoms with E-state index in [1.54, 1.807) is 0 Å². The van der Waals surface area contributed by atoms with Crippen LogP contribution in [0, 0.1) is 0 Å². The first-order chi connectivity index (χ1) is 9.85. The lowest BCUT2D eigenvalue weighted by Gasteiger charge is -2.35. The topological polar surface area (TPSA) is 44.8 Å². The summed E-state index contributed by atoms with van der Waals surface area (Å²) in [6.07, 6.45) is 4.61. The number of ether oxygens (including phenoxy) is 1. The second-order valence-electron chi connectivity index (χ2n) is 7.45. The Labute approximate surface area is 129 Å². The van der Waals surface area contributed by atoms with Crippen LogP contribution in [-0.4, -0.2) is 66.8 Å². The van der Waals surface area contributed by atoms with E-state index in [2.05, 4.69) is 17.3 Å². The molecule has 0 aliphatic carbocycles. The normalized spacial score (nSPS) is 27.9. The van der Waals surface area contributed by atoms with Crippen LogP contribution in [0.4, 0.5) is 4.79 Å². The molecule has 2 saturated heterocycles. The maximum atomic E-state index is 12.1. The number of nitrogens with zero attached hydrogens (tertiary/aromatic N) is 2. The Bertz CT molecular complexity index is 354. The molecule has 1 N–H and O–H groups in total. The highest BCUT2D eigenvalue weighted by Crippen LogP contribution is 2.17. The van der Waals surface area contributed by atoms with Gasteiger partial charge in [0.25, 0.3) is 0 Å². The molecule has 2 unspecified atom stereocenters. The summed E-state index contributed by atoms with van der Waals surface area (Å²) in [6, 6.07) is 1.06. The molecule has 0 aromatic heterocycles. The first-order valence-corrected chi connectivity index (χ1v) is 8.27. The van der Waals surface area contributed by atoms with Crippen molar-refractivity contribution in [2.75, 3.05) is 33.2 Å². The van der Waals surface area contributed by atoms with Crippen molar-refractivity contribution < 1.29 is 9.53 Å². The minimum absolute atomic E-state index is 0.174. The number of carbonyl (C=O) groups is 1. The second-order valence-corrected chi connectivity index (χ2v) is 7.45. The Hall–Kier alpha value is -0.810. The predicted octanol–water partition coefficient (Wildman–Crippen LogP) is 2.07. The van der Waals surface area contributed by atoms with Crippen molar-refractivity contribution in [2.45, 2.75) is 64.1 Å². The third-order valence-corrected chi connectivity index (χ3v) is 4.39. The number of carbonyl (C=O) groups excluding carboxylic acids is 1. The standard InChI is InChI=1S/C16H31N3O2/c1-16(2,3)21-15(20)19-10-5-7-13(12-19)17-11-14-8-6-9-18(14)4/h13-14,17H,5-12H2,1-4H3. The molecule has 122 valence electrons. The Morgan fingerprint density at radius 1 is 1.24 bits per heavy atom. The Morgan fingerprint density at radius 3 is 2.57 bits per heavy atom. The van der Waals surface area contributed by atoms with Gasteiger partial charge in [0.05, 0.1) is 0 Å². The van der Waals surface area contributed by atoms with Crippen LogP contribution >= 0.6 is 0 Å². The molecule has 2 heterocycles. The van der Waals surface area contributed by atoms with E-state index >= 15 is 0 Å². The number of likely N-dealkylation sites (tertiary alicyclic amines) is 2. The van der Waals surface area contributed by atoms with Crippen molar-refractivity contribution in [1.29, 1.82) is 0 Å². The summed E-state index contributed by atoms with van der Waals surface area (Å²) in [4.78, 5) is 16.4. The zero-order valence-electron chi connectivity index (χ0n) is 14.0. The van der Waals surface area contributed by atoms with Crippen LogP contribution in [0.1, 0.15) is 46.5 Å².